The second-order valence-corrected chi connectivity index (χ2v) is 4.24. The van der Waals surface area contributed by atoms with Gasteiger partial charge in [0.15, 0.2) is 0 Å². The van der Waals surface area contributed by atoms with Crippen LogP contribution in [0.15, 0.2) is 18.2 Å². The van der Waals surface area contributed by atoms with Crippen LogP contribution in [-0.4, -0.2) is 17.6 Å². The Labute approximate surface area is 98.0 Å². The highest BCUT2D eigenvalue weighted by Gasteiger charge is 2.36. The molecule has 0 amide bonds. The highest BCUT2D eigenvalue weighted by Crippen LogP contribution is 2.31. The molecule has 3 N–H and O–H groups in total. The molecule has 0 saturated heterocycles. The molecule has 0 aromatic heterocycles. The minimum atomic E-state index is -1.34. The highest BCUT2D eigenvalue weighted by atomic mass is 35.5. The molecule has 0 aliphatic heterocycles. The second-order valence-electron chi connectivity index (χ2n) is 3.80. The van der Waals surface area contributed by atoms with E-state index >= 15 is 0 Å². The summed E-state index contributed by atoms with van der Waals surface area (Å²) in [5, 5.41) is 9.47. The van der Waals surface area contributed by atoms with Crippen LogP contribution in [0.25, 0.3) is 0 Å². The lowest BCUT2D eigenvalue weighted by Crippen LogP contribution is -2.35. The largest absolute Gasteiger partial charge is 0.481 e. The van der Waals surface area contributed by atoms with E-state index in [4.69, 9.17) is 22.4 Å². The molecule has 0 aliphatic carbocycles. The van der Waals surface area contributed by atoms with Crippen molar-refractivity contribution in [3.63, 3.8) is 0 Å². The van der Waals surface area contributed by atoms with Crippen molar-refractivity contribution in [3.05, 3.63) is 34.6 Å². The Kier molecular flexibility index (Phi) is 3.88. The quantitative estimate of drug-likeness (QED) is 0.855. The van der Waals surface area contributed by atoms with E-state index in [0.717, 1.165) is 6.07 Å². The smallest absolute Gasteiger partial charge is 0.313 e. The Hall–Kier alpha value is -1.13. The van der Waals surface area contributed by atoms with Gasteiger partial charge in [-0.05, 0) is 38.1 Å². The van der Waals surface area contributed by atoms with Gasteiger partial charge in [-0.3, -0.25) is 4.79 Å². The zero-order valence-electron chi connectivity index (χ0n) is 8.84. The van der Waals surface area contributed by atoms with Crippen LogP contribution in [-0.2, 0) is 10.2 Å². The predicted molar refractivity (Wildman–Crippen MR) is 60.1 cm³/mol. The fourth-order valence-electron chi connectivity index (χ4n) is 1.57. The average Bonchev–Trinajstić information content (AvgIpc) is 2.21. The Morgan fingerprint density at radius 2 is 2.25 bits per heavy atom. The van der Waals surface area contributed by atoms with Crippen molar-refractivity contribution in [2.24, 2.45) is 5.73 Å². The molecule has 0 saturated carbocycles. The summed E-state index contributed by atoms with van der Waals surface area (Å²) in [6, 6.07) is 3.88. The van der Waals surface area contributed by atoms with Gasteiger partial charge in [0.05, 0.1) is 5.41 Å². The lowest BCUT2D eigenvalue weighted by Gasteiger charge is -2.25. The maximum atomic E-state index is 13.6. The lowest BCUT2D eigenvalue weighted by molar-refractivity contribution is -0.143. The van der Waals surface area contributed by atoms with Gasteiger partial charge in [0, 0.05) is 10.6 Å². The number of carbonyl (C=O) groups is 1. The molecule has 0 bridgehead atoms. The van der Waals surface area contributed by atoms with Crippen LogP contribution in [0.2, 0.25) is 5.02 Å². The lowest BCUT2D eigenvalue weighted by atomic mass is 9.79. The van der Waals surface area contributed by atoms with Crippen LogP contribution in [0.1, 0.15) is 18.9 Å². The summed E-state index contributed by atoms with van der Waals surface area (Å²) in [5.74, 6) is -1.69. The van der Waals surface area contributed by atoms with Crippen molar-refractivity contribution in [1.82, 2.24) is 0 Å². The molecule has 0 radical (unpaired) electrons. The summed E-state index contributed by atoms with van der Waals surface area (Å²) >= 11 is 5.74. The van der Waals surface area contributed by atoms with Gasteiger partial charge < -0.3 is 10.8 Å². The summed E-state index contributed by atoms with van der Waals surface area (Å²) < 4.78 is 13.6. The van der Waals surface area contributed by atoms with Gasteiger partial charge in [0.25, 0.3) is 0 Å². The maximum Gasteiger partial charge on any atom is 0.313 e. The number of carboxylic acids is 1. The van der Waals surface area contributed by atoms with Gasteiger partial charge in [-0.2, -0.15) is 0 Å². The van der Waals surface area contributed by atoms with E-state index in [2.05, 4.69) is 0 Å². The van der Waals surface area contributed by atoms with Crippen molar-refractivity contribution in [3.8, 4) is 0 Å². The van der Waals surface area contributed by atoms with Crippen LogP contribution in [0.4, 0.5) is 4.39 Å². The van der Waals surface area contributed by atoms with E-state index in [-0.39, 0.29) is 18.5 Å². The molecule has 1 rings (SSSR count). The Bertz CT molecular complexity index is 411. The Morgan fingerprint density at radius 1 is 1.62 bits per heavy atom. The number of benzene rings is 1. The number of rotatable bonds is 4. The molecule has 1 aromatic carbocycles. The third-order valence-corrected chi connectivity index (χ3v) is 2.87. The molecule has 0 heterocycles. The number of hydrogen-bond donors (Lipinski definition) is 2. The zero-order valence-corrected chi connectivity index (χ0v) is 9.59. The molecule has 88 valence electrons. The third kappa shape index (κ3) is 2.33. The average molecular weight is 246 g/mol. The summed E-state index contributed by atoms with van der Waals surface area (Å²) in [4.78, 5) is 11.2. The van der Waals surface area contributed by atoms with Crippen LogP contribution < -0.4 is 5.73 Å². The molecular weight excluding hydrogens is 233 g/mol. The van der Waals surface area contributed by atoms with Crippen LogP contribution in [0.3, 0.4) is 0 Å². The van der Waals surface area contributed by atoms with Crippen LogP contribution in [0.5, 0.6) is 0 Å². The van der Waals surface area contributed by atoms with Crippen molar-refractivity contribution in [2.75, 3.05) is 6.54 Å². The molecular formula is C11H13ClFNO2. The number of halogens is 2. The third-order valence-electron chi connectivity index (χ3n) is 2.64. The summed E-state index contributed by atoms with van der Waals surface area (Å²) in [6.07, 6.45) is 0.152. The molecule has 1 atom stereocenters. The van der Waals surface area contributed by atoms with E-state index in [9.17, 15) is 9.18 Å². The van der Waals surface area contributed by atoms with Gasteiger partial charge in [0.2, 0.25) is 0 Å². The maximum absolute atomic E-state index is 13.6. The first-order valence-corrected chi connectivity index (χ1v) is 5.18. The normalized spacial score (nSPS) is 14.5. The minimum absolute atomic E-state index is 0.0675. The number of aliphatic carboxylic acids is 1. The SMILES string of the molecule is CC(CCN)(C(=O)O)c1cc(Cl)ccc1F. The van der Waals surface area contributed by atoms with Gasteiger partial charge >= 0.3 is 5.97 Å². The fraction of sp³-hybridized carbons (Fsp3) is 0.364. The topological polar surface area (TPSA) is 63.3 Å². The van der Waals surface area contributed by atoms with E-state index in [1.165, 1.54) is 19.1 Å². The van der Waals surface area contributed by atoms with Crippen LogP contribution >= 0.6 is 11.6 Å². The van der Waals surface area contributed by atoms with E-state index in [0.29, 0.717) is 5.02 Å². The van der Waals surface area contributed by atoms with Crippen molar-refractivity contribution < 1.29 is 14.3 Å². The van der Waals surface area contributed by atoms with E-state index in [1.54, 1.807) is 0 Å². The Balaban J connectivity index is 3.31. The van der Waals surface area contributed by atoms with Crippen LogP contribution in [0, 0.1) is 5.82 Å². The molecule has 16 heavy (non-hydrogen) atoms. The van der Waals surface area contributed by atoms with Gasteiger partial charge in [-0.1, -0.05) is 11.6 Å². The molecule has 0 fully saturated rings. The van der Waals surface area contributed by atoms with E-state index in [1.807, 2.05) is 0 Å². The fourth-order valence-corrected chi connectivity index (χ4v) is 1.74. The first kappa shape index (κ1) is 12.9. The minimum Gasteiger partial charge on any atom is -0.481 e. The first-order chi connectivity index (χ1) is 7.41. The molecule has 1 unspecified atom stereocenters. The molecule has 0 spiro atoms. The highest BCUT2D eigenvalue weighted by molar-refractivity contribution is 6.30. The molecule has 3 nitrogen and oxygen atoms in total. The number of nitrogens with two attached hydrogens (primary N) is 1. The zero-order chi connectivity index (χ0) is 12.3. The van der Waals surface area contributed by atoms with Gasteiger partial charge in [-0.25, -0.2) is 4.39 Å². The van der Waals surface area contributed by atoms with Crippen molar-refractivity contribution in [1.29, 1.82) is 0 Å². The monoisotopic (exact) mass is 245 g/mol. The predicted octanol–water partition coefficient (Wildman–Crippen LogP) is 2.17. The number of carboxylic acid groups (broad SMARTS) is 1. The van der Waals surface area contributed by atoms with Crippen molar-refractivity contribution >= 4 is 17.6 Å². The van der Waals surface area contributed by atoms with Gasteiger partial charge in [-0.15, -0.1) is 0 Å². The van der Waals surface area contributed by atoms with Gasteiger partial charge in [0.1, 0.15) is 5.82 Å². The first-order valence-electron chi connectivity index (χ1n) is 4.81. The van der Waals surface area contributed by atoms with Crippen molar-refractivity contribution in [2.45, 2.75) is 18.8 Å². The van der Waals surface area contributed by atoms with E-state index < -0.39 is 17.2 Å². The summed E-state index contributed by atoms with van der Waals surface area (Å²) in [5.41, 5.74) is 4.08. The molecule has 0 aliphatic rings. The standard InChI is InChI=1S/C11H13ClFNO2/c1-11(4-5-14,10(15)16)8-6-7(12)2-3-9(8)13/h2-3,6H,4-5,14H2,1H3,(H,15,16). The molecule has 1 aromatic rings. The summed E-state index contributed by atoms with van der Waals surface area (Å²) in [7, 11) is 0. The Morgan fingerprint density at radius 3 is 2.75 bits per heavy atom. The molecule has 5 heteroatoms. The number of hydrogen-bond acceptors (Lipinski definition) is 2. The summed E-state index contributed by atoms with van der Waals surface area (Å²) in [6.45, 7) is 1.60. The second kappa shape index (κ2) is 4.80.